The van der Waals surface area contributed by atoms with Crippen molar-refractivity contribution in [3.8, 4) is 0 Å². The molecular formula is C33H28N4O6. The van der Waals surface area contributed by atoms with Crippen molar-refractivity contribution in [2.75, 3.05) is 33.2 Å². The number of carbonyl (C=O) groups is 4. The number of nitro groups is 1. The third kappa shape index (κ3) is 4.20. The number of hydrogen-bond donors (Lipinski definition) is 0. The molecule has 0 atom stereocenters. The molecule has 0 unspecified atom stereocenters. The summed E-state index contributed by atoms with van der Waals surface area (Å²) in [5, 5.41) is 14.2. The SMILES string of the molecule is CN(CCCN1C(=O)c2cccc3cc([N+](=O)[O-])cc(c23)C1=O)CCCN1C(=O)c2ccc3c4c(ccc(c24)C1=O)CC3. The smallest absolute Gasteiger partial charge is 0.270 e. The second-order valence-electron chi connectivity index (χ2n) is 11.5. The van der Waals surface area contributed by atoms with Crippen molar-refractivity contribution in [3.63, 3.8) is 0 Å². The Labute approximate surface area is 246 Å². The summed E-state index contributed by atoms with van der Waals surface area (Å²) in [6.45, 7) is 1.62. The summed E-state index contributed by atoms with van der Waals surface area (Å²) < 4.78 is 0. The van der Waals surface area contributed by atoms with Crippen LogP contribution in [0.15, 0.2) is 54.6 Å². The normalized spacial score (nSPS) is 15.5. The molecule has 4 aromatic rings. The zero-order valence-electron chi connectivity index (χ0n) is 23.6. The lowest BCUT2D eigenvalue weighted by Gasteiger charge is -2.29. The number of aryl methyl sites for hydroxylation is 2. The molecule has 3 aliphatic rings. The minimum Gasteiger partial charge on any atom is -0.306 e. The van der Waals surface area contributed by atoms with E-state index in [0.717, 1.165) is 28.5 Å². The monoisotopic (exact) mass is 576 g/mol. The van der Waals surface area contributed by atoms with E-state index in [1.165, 1.54) is 28.2 Å². The Balaban J connectivity index is 0.974. The van der Waals surface area contributed by atoms with Gasteiger partial charge in [-0.2, -0.15) is 0 Å². The maximum Gasteiger partial charge on any atom is 0.270 e. The quantitative estimate of drug-likeness (QED) is 0.162. The molecule has 43 heavy (non-hydrogen) atoms. The molecule has 1 aliphatic carbocycles. The minimum atomic E-state index is -0.541. The first-order chi connectivity index (χ1) is 20.7. The van der Waals surface area contributed by atoms with Gasteiger partial charge in [0, 0.05) is 52.7 Å². The lowest BCUT2D eigenvalue weighted by molar-refractivity contribution is -0.384. The molecule has 4 aromatic carbocycles. The van der Waals surface area contributed by atoms with E-state index in [9.17, 15) is 29.3 Å². The van der Waals surface area contributed by atoms with Crippen molar-refractivity contribution in [1.29, 1.82) is 0 Å². The summed E-state index contributed by atoms with van der Waals surface area (Å²) in [6, 6.07) is 15.3. The van der Waals surface area contributed by atoms with Crippen LogP contribution in [0.5, 0.6) is 0 Å². The topological polar surface area (TPSA) is 121 Å². The number of nitro benzene ring substituents is 1. The fourth-order valence-electron chi connectivity index (χ4n) is 6.83. The van der Waals surface area contributed by atoms with Crippen molar-refractivity contribution in [3.05, 3.63) is 98.1 Å². The van der Waals surface area contributed by atoms with Gasteiger partial charge in [-0.15, -0.1) is 0 Å². The van der Waals surface area contributed by atoms with Gasteiger partial charge in [0.1, 0.15) is 0 Å². The average molecular weight is 577 g/mol. The molecule has 0 saturated carbocycles. The van der Waals surface area contributed by atoms with Crippen LogP contribution in [0.1, 0.15) is 65.4 Å². The number of carbonyl (C=O) groups excluding carboxylic acids is 4. The molecule has 0 N–H and O–H groups in total. The molecule has 0 bridgehead atoms. The maximum absolute atomic E-state index is 13.3. The highest BCUT2D eigenvalue weighted by molar-refractivity contribution is 6.27. The number of imide groups is 2. The van der Waals surface area contributed by atoms with E-state index in [1.807, 2.05) is 36.2 Å². The average Bonchev–Trinajstić information content (AvgIpc) is 3.43. The molecule has 0 fully saturated rings. The van der Waals surface area contributed by atoms with Gasteiger partial charge in [-0.05, 0) is 85.9 Å². The summed E-state index contributed by atoms with van der Waals surface area (Å²) in [4.78, 5) is 68.6. The lowest BCUT2D eigenvalue weighted by Crippen LogP contribution is -2.42. The first kappa shape index (κ1) is 26.9. The molecule has 4 amide bonds. The van der Waals surface area contributed by atoms with Crippen molar-refractivity contribution in [2.45, 2.75) is 25.7 Å². The lowest BCUT2D eigenvalue weighted by atomic mass is 9.91. The highest BCUT2D eigenvalue weighted by atomic mass is 16.6. The summed E-state index contributed by atoms with van der Waals surface area (Å²) >= 11 is 0. The molecule has 10 heteroatoms. The fraction of sp³-hybridized carbons (Fsp3) is 0.273. The molecule has 2 aliphatic heterocycles. The first-order valence-electron chi connectivity index (χ1n) is 14.4. The van der Waals surface area contributed by atoms with Gasteiger partial charge in [0.05, 0.1) is 10.5 Å². The Morgan fingerprint density at radius 1 is 0.698 bits per heavy atom. The van der Waals surface area contributed by atoms with Crippen LogP contribution in [0.4, 0.5) is 5.69 Å². The third-order valence-electron chi connectivity index (χ3n) is 8.91. The van der Waals surface area contributed by atoms with Crippen molar-refractivity contribution >= 4 is 50.9 Å². The van der Waals surface area contributed by atoms with Gasteiger partial charge < -0.3 is 4.90 Å². The van der Waals surface area contributed by atoms with Gasteiger partial charge in [0.2, 0.25) is 0 Å². The van der Waals surface area contributed by atoms with E-state index in [1.54, 1.807) is 18.2 Å². The number of rotatable bonds is 9. The number of hydrogen-bond acceptors (Lipinski definition) is 7. The standard InChI is InChI=1S/C33H28N4O6/c1-34(13-3-15-35-31(39)24-11-9-19-7-8-20-10-12-25(32(35)40)29(24)27(19)20)14-4-16-36-30(38)23-6-2-5-21-17-22(37(42)43)18-26(28(21)23)33(36)41/h2,5-6,9-12,17-18H,3-4,7-8,13-16H2,1H3. The van der Waals surface area contributed by atoms with Gasteiger partial charge in [-0.1, -0.05) is 24.3 Å². The number of nitrogens with zero attached hydrogens (tertiary/aromatic N) is 4. The van der Waals surface area contributed by atoms with Crippen LogP contribution in [0, 0.1) is 10.1 Å². The van der Waals surface area contributed by atoms with Gasteiger partial charge in [0.15, 0.2) is 0 Å². The zero-order chi connectivity index (χ0) is 30.0. The van der Waals surface area contributed by atoms with Crippen LogP contribution in [0.25, 0.3) is 21.5 Å². The van der Waals surface area contributed by atoms with Gasteiger partial charge in [0.25, 0.3) is 29.3 Å². The Hall–Kier alpha value is -4.96. The van der Waals surface area contributed by atoms with Crippen molar-refractivity contribution in [1.82, 2.24) is 14.7 Å². The van der Waals surface area contributed by atoms with Crippen LogP contribution in [-0.4, -0.2) is 76.5 Å². The highest BCUT2D eigenvalue weighted by Gasteiger charge is 2.36. The molecule has 0 aromatic heterocycles. The predicted molar refractivity (Wildman–Crippen MR) is 159 cm³/mol. The number of non-ortho nitro benzene ring substituents is 1. The van der Waals surface area contributed by atoms with Crippen LogP contribution >= 0.6 is 0 Å². The Morgan fingerprint density at radius 3 is 1.79 bits per heavy atom. The largest absolute Gasteiger partial charge is 0.306 e. The predicted octanol–water partition coefficient (Wildman–Crippen LogP) is 4.60. The van der Waals surface area contributed by atoms with Crippen LogP contribution < -0.4 is 0 Å². The van der Waals surface area contributed by atoms with E-state index < -0.39 is 16.7 Å². The molecule has 0 spiro atoms. The molecular weight excluding hydrogens is 548 g/mol. The number of amides is 4. The van der Waals surface area contributed by atoms with Gasteiger partial charge >= 0.3 is 0 Å². The summed E-state index contributed by atoms with van der Waals surface area (Å²) in [5.41, 5.74) is 3.89. The van der Waals surface area contributed by atoms with Crippen LogP contribution in [-0.2, 0) is 12.8 Å². The van der Waals surface area contributed by atoms with Gasteiger partial charge in [-0.3, -0.25) is 39.1 Å². The highest BCUT2D eigenvalue weighted by Crippen LogP contribution is 2.38. The third-order valence-corrected chi connectivity index (χ3v) is 8.91. The van der Waals surface area contributed by atoms with Crippen LogP contribution in [0.2, 0.25) is 0 Å². The van der Waals surface area contributed by atoms with Crippen LogP contribution in [0.3, 0.4) is 0 Å². The molecule has 2 heterocycles. The van der Waals surface area contributed by atoms with E-state index in [4.69, 9.17) is 0 Å². The Morgan fingerprint density at radius 2 is 1.23 bits per heavy atom. The van der Waals surface area contributed by atoms with E-state index >= 15 is 0 Å². The molecule has 0 radical (unpaired) electrons. The first-order valence-corrected chi connectivity index (χ1v) is 14.4. The van der Waals surface area contributed by atoms with E-state index in [-0.39, 0.29) is 36.2 Å². The molecule has 10 nitrogen and oxygen atoms in total. The van der Waals surface area contributed by atoms with E-state index in [2.05, 4.69) is 0 Å². The number of benzene rings is 4. The fourth-order valence-corrected chi connectivity index (χ4v) is 6.83. The Bertz CT molecular complexity index is 1870. The van der Waals surface area contributed by atoms with Crippen molar-refractivity contribution < 1.29 is 24.1 Å². The molecule has 216 valence electrons. The minimum absolute atomic E-state index is 0.161. The summed E-state index contributed by atoms with van der Waals surface area (Å²) in [7, 11) is 1.91. The second-order valence-corrected chi connectivity index (χ2v) is 11.5. The molecule has 0 saturated heterocycles. The zero-order valence-corrected chi connectivity index (χ0v) is 23.6. The van der Waals surface area contributed by atoms with Gasteiger partial charge in [-0.25, -0.2) is 0 Å². The summed E-state index contributed by atoms with van der Waals surface area (Å²) in [5.74, 6) is -1.46. The Kier molecular flexibility index (Phi) is 6.32. The molecule has 7 rings (SSSR count). The maximum atomic E-state index is 13.3. The van der Waals surface area contributed by atoms with Crippen molar-refractivity contribution in [2.24, 2.45) is 0 Å². The summed E-state index contributed by atoms with van der Waals surface area (Å²) in [6.07, 6.45) is 2.93. The van der Waals surface area contributed by atoms with E-state index in [0.29, 0.717) is 53.4 Å². The second kappa shape index (κ2) is 10.1.